The maximum Gasteiger partial charge on any atom is 0.261 e. The third-order valence-corrected chi connectivity index (χ3v) is 7.62. The van der Waals surface area contributed by atoms with E-state index in [0.29, 0.717) is 26.8 Å². The molecule has 176 valence electrons. The molecule has 0 bridgehead atoms. The van der Waals surface area contributed by atoms with E-state index in [2.05, 4.69) is 5.10 Å². The molecule has 0 saturated heterocycles. The minimum atomic E-state index is -0.311. The van der Waals surface area contributed by atoms with Crippen molar-refractivity contribution in [2.75, 3.05) is 6.54 Å². The topological polar surface area (TPSA) is 72.3 Å². The maximum atomic E-state index is 13.4. The minimum Gasteiger partial charge on any atom is -0.293 e. The second-order valence-corrected chi connectivity index (χ2v) is 10.2. The third-order valence-electron chi connectivity index (χ3n) is 6.22. The first-order chi connectivity index (χ1) is 16.9. The van der Waals surface area contributed by atoms with Gasteiger partial charge in [0.1, 0.15) is 4.34 Å². The van der Waals surface area contributed by atoms with Gasteiger partial charge in [-0.1, -0.05) is 54.1 Å². The van der Waals surface area contributed by atoms with Gasteiger partial charge in [0.15, 0.2) is 5.78 Å². The Morgan fingerprint density at radius 2 is 1.63 bits per heavy atom. The van der Waals surface area contributed by atoms with E-state index in [1.807, 2.05) is 43.4 Å². The number of carbonyl (C=O) groups is 3. The summed E-state index contributed by atoms with van der Waals surface area (Å²) in [5.41, 5.74) is 3.46. The molecule has 0 fully saturated rings. The number of hydrogen-bond acceptors (Lipinski definition) is 5. The molecule has 0 radical (unpaired) electrons. The van der Waals surface area contributed by atoms with Gasteiger partial charge in [-0.2, -0.15) is 5.10 Å². The zero-order valence-electron chi connectivity index (χ0n) is 19.0. The fourth-order valence-electron chi connectivity index (χ4n) is 4.49. The summed E-state index contributed by atoms with van der Waals surface area (Å²) in [5, 5.41) is 4.18. The molecule has 1 aliphatic rings. The smallest absolute Gasteiger partial charge is 0.261 e. The lowest BCUT2D eigenvalue weighted by molar-refractivity contribution is 0.0618. The van der Waals surface area contributed by atoms with Gasteiger partial charge in [0.05, 0.1) is 21.7 Å². The highest BCUT2D eigenvalue weighted by Crippen LogP contribution is 2.36. The first kappa shape index (κ1) is 23.2. The molecular formula is C27H22ClN3O3S. The number of carbonyl (C=O) groups excluding carboxylic acids is 3. The van der Waals surface area contributed by atoms with Gasteiger partial charge in [0.2, 0.25) is 0 Å². The zero-order valence-corrected chi connectivity index (χ0v) is 20.6. The van der Waals surface area contributed by atoms with Crippen LogP contribution in [0.15, 0.2) is 72.9 Å². The molecule has 0 saturated carbocycles. The third kappa shape index (κ3) is 4.57. The Hall–Kier alpha value is -3.55. The fraction of sp³-hybridized carbons (Fsp3) is 0.185. The van der Waals surface area contributed by atoms with E-state index in [9.17, 15) is 14.4 Å². The van der Waals surface area contributed by atoms with Crippen molar-refractivity contribution in [2.24, 2.45) is 13.0 Å². The summed E-state index contributed by atoms with van der Waals surface area (Å²) < 4.78 is 2.24. The molecule has 2 amide bonds. The van der Waals surface area contributed by atoms with Crippen molar-refractivity contribution in [1.82, 2.24) is 14.7 Å². The number of benzene rings is 2. The van der Waals surface area contributed by atoms with E-state index < -0.39 is 0 Å². The summed E-state index contributed by atoms with van der Waals surface area (Å²) in [4.78, 5) is 41.1. The van der Waals surface area contributed by atoms with Crippen LogP contribution in [0.25, 0.3) is 11.3 Å². The number of thiophene rings is 1. The number of fused-ring (bicyclic) bond motifs is 1. The van der Waals surface area contributed by atoms with Crippen LogP contribution in [0.1, 0.15) is 42.4 Å². The molecule has 4 aromatic rings. The van der Waals surface area contributed by atoms with Crippen molar-refractivity contribution in [2.45, 2.75) is 12.8 Å². The second-order valence-electron chi connectivity index (χ2n) is 8.59. The molecule has 0 N–H and O–H groups in total. The number of amides is 2. The van der Waals surface area contributed by atoms with Crippen molar-refractivity contribution in [3.8, 4) is 11.3 Å². The summed E-state index contributed by atoms with van der Waals surface area (Å²) in [6.07, 6.45) is 2.43. The highest BCUT2D eigenvalue weighted by Gasteiger charge is 2.36. The Kier molecular flexibility index (Phi) is 6.36. The predicted molar refractivity (Wildman–Crippen MR) is 136 cm³/mol. The quantitative estimate of drug-likeness (QED) is 0.234. The number of imide groups is 1. The van der Waals surface area contributed by atoms with Gasteiger partial charge in [-0.3, -0.25) is 24.0 Å². The van der Waals surface area contributed by atoms with Crippen LogP contribution in [-0.2, 0) is 13.5 Å². The molecule has 0 spiro atoms. The maximum absolute atomic E-state index is 13.4. The molecule has 0 aliphatic carbocycles. The van der Waals surface area contributed by atoms with Gasteiger partial charge in [-0.25, -0.2) is 0 Å². The van der Waals surface area contributed by atoms with E-state index >= 15 is 0 Å². The summed E-state index contributed by atoms with van der Waals surface area (Å²) in [7, 11) is 1.82. The molecule has 2 aromatic heterocycles. The van der Waals surface area contributed by atoms with Gasteiger partial charge in [-0.15, -0.1) is 11.3 Å². The van der Waals surface area contributed by atoms with Gasteiger partial charge >= 0.3 is 0 Å². The number of aromatic nitrogens is 2. The number of rotatable bonds is 8. The average molecular weight is 504 g/mol. The van der Waals surface area contributed by atoms with Crippen molar-refractivity contribution >= 4 is 40.5 Å². The number of nitrogens with zero attached hydrogens (tertiary/aromatic N) is 3. The van der Waals surface area contributed by atoms with Gasteiger partial charge in [-0.05, 0) is 42.2 Å². The standard InChI is InChI=1S/C27H22ClN3O3S/c1-30-22(11-12-29-30)21-15-24(35-25(21)28)23(32)14-18(13-17-7-3-2-4-8-17)16-31-26(33)19-9-5-6-10-20(19)27(31)34/h2-12,15,18H,13-14,16H2,1H3/t18-/m1/s1. The summed E-state index contributed by atoms with van der Waals surface area (Å²) >= 11 is 7.71. The first-order valence-corrected chi connectivity index (χ1v) is 12.4. The number of ketones is 1. The van der Waals surface area contributed by atoms with Crippen LogP contribution in [-0.4, -0.2) is 38.8 Å². The molecular weight excluding hydrogens is 482 g/mol. The predicted octanol–water partition coefficient (Wildman–Crippen LogP) is 5.53. The molecule has 2 aromatic carbocycles. The van der Waals surface area contributed by atoms with Crippen molar-refractivity contribution in [1.29, 1.82) is 0 Å². The Morgan fingerprint density at radius 1 is 0.971 bits per heavy atom. The number of aryl methyl sites for hydroxylation is 1. The van der Waals surface area contributed by atoms with Crippen LogP contribution in [0, 0.1) is 5.92 Å². The Morgan fingerprint density at radius 3 is 2.26 bits per heavy atom. The highest BCUT2D eigenvalue weighted by atomic mass is 35.5. The van der Waals surface area contributed by atoms with Crippen molar-refractivity contribution in [3.63, 3.8) is 0 Å². The minimum absolute atomic E-state index is 0.0668. The van der Waals surface area contributed by atoms with Crippen LogP contribution < -0.4 is 0 Å². The van der Waals surface area contributed by atoms with Gasteiger partial charge in [0, 0.05) is 31.8 Å². The molecule has 0 unspecified atom stereocenters. The largest absolute Gasteiger partial charge is 0.293 e. The highest BCUT2D eigenvalue weighted by molar-refractivity contribution is 7.18. The lowest BCUT2D eigenvalue weighted by atomic mass is 9.93. The van der Waals surface area contributed by atoms with Gasteiger partial charge in [0.25, 0.3) is 11.8 Å². The summed E-state index contributed by atoms with van der Waals surface area (Å²) in [6.45, 7) is 0.167. The zero-order chi connectivity index (χ0) is 24.5. The molecule has 6 nitrogen and oxygen atoms in total. The fourth-order valence-corrected chi connectivity index (χ4v) is 5.73. The van der Waals surface area contributed by atoms with E-state index in [-0.39, 0.29) is 36.5 Å². The normalized spacial score (nSPS) is 13.8. The molecule has 35 heavy (non-hydrogen) atoms. The van der Waals surface area contributed by atoms with Crippen molar-refractivity contribution in [3.05, 3.63) is 98.8 Å². The molecule has 5 rings (SSSR count). The summed E-state index contributed by atoms with van der Waals surface area (Å²) in [5.74, 6) is -0.932. The van der Waals surface area contributed by atoms with E-state index in [0.717, 1.165) is 16.8 Å². The Balaban J connectivity index is 1.39. The van der Waals surface area contributed by atoms with Crippen LogP contribution >= 0.6 is 22.9 Å². The van der Waals surface area contributed by atoms with E-state index in [1.54, 1.807) is 41.2 Å². The van der Waals surface area contributed by atoms with E-state index in [1.165, 1.54) is 16.2 Å². The number of Topliss-reactive ketones (excluding diaryl/α,β-unsaturated/α-hetero) is 1. The molecule has 1 aliphatic heterocycles. The first-order valence-electron chi connectivity index (χ1n) is 11.2. The van der Waals surface area contributed by atoms with Crippen molar-refractivity contribution < 1.29 is 14.4 Å². The summed E-state index contributed by atoms with van der Waals surface area (Å²) in [6, 6.07) is 20.3. The van der Waals surface area contributed by atoms with Crippen LogP contribution in [0.2, 0.25) is 4.34 Å². The lowest BCUT2D eigenvalue weighted by Gasteiger charge is -2.22. The number of hydrogen-bond donors (Lipinski definition) is 0. The Labute approximate surface area is 211 Å². The average Bonchev–Trinajstić information content (AvgIpc) is 3.52. The van der Waals surface area contributed by atoms with Gasteiger partial charge < -0.3 is 0 Å². The Bertz CT molecular complexity index is 1390. The SMILES string of the molecule is Cn1nccc1-c1cc(C(=O)C[C@@H](Cc2ccccc2)CN2C(=O)c3ccccc3C2=O)sc1Cl. The molecule has 8 heteroatoms. The monoisotopic (exact) mass is 503 g/mol. The second kappa shape index (κ2) is 9.60. The van der Waals surface area contributed by atoms with Crippen LogP contribution in [0.4, 0.5) is 0 Å². The molecule has 3 heterocycles. The van der Waals surface area contributed by atoms with Crippen LogP contribution in [0.3, 0.4) is 0 Å². The number of halogens is 1. The lowest BCUT2D eigenvalue weighted by Crippen LogP contribution is -2.36. The van der Waals surface area contributed by atoms with Crippen LogP contribution in [0.5, 0.6) is 0 Å². The molecule has 1 atom stereocenters. The van der Waals surface area contributed by atoms with E-state index in [4.69, 9.17) is 11.6 Å².